The van der Waals surface area contributed by atoms with E-state index in [9.17, 15) is 4.79 Å². The number of benzene rings is 1. The van der Waals surface area contributed by atoms with Gasteiger partial charge in [0.05, 0.1) is 0 Å². The Morgan fingerprint density at radius 3 is 2.74 bits per heavy atom. The molecule has 1 aromatic heterocycles. The Hall–Kier alpha value is -1.52. The van der Waals surface area contributed by atoms with Crippen molar-refractivity contribution in [3.63, 3.8) is 0 Å². The summed E-state index contributed by atoms with van der Waals surface area (Å²) in [5.41, 5.74) is 7.26. The van der Waals surface area contributed by atoms with Crippen molar-refractivity contribution >= 4 is 29.3 Å². The fourth-order valence-electron chi connectivity index (χ4n) is 1.88. The predicted molar refractivity (Wildman–Crippen MR) is 78.8 cm³/mol. The lowest BCUT2D eigenvalue weighted by atomic mass is 10.1. The van der Waals surface area contributed by atoms with Crippen LogP contribution in [0.25, 0.3) is 11.0 Å². The van der Waals surface area contributed by atoms with Gasteiger partial charge in [0.2, 0.25) is 0 Å². The van der Waals surface area contributed by atoms with Gasteiger partial charge in [0, 0.05) is 23.5 Å². The number of para-hydroxylation sites is 1. The molecule has 0 aliphatic heterocycles. The van der Waals surface area contributed by atoms with Gasteiger partial charge in [-0.25, -0.2) is 0 Å². The third-order valence-electron chi connectivity index (χ3n) is 2.94. The first-order valence-corrected chi connectivity index (χ1v) is 6.11. The highest BCUT2D eigenvalue weighted by Crippen LogP contribution is 2.24. The van der Waals surface area contributed by atoms with Crippen LogP contribution in [0.5, 0.6) is 0 Å². The predicted octanol–water partition coefficient (Wildman–Crippen LogP) is 2.63. The normalized spacial score (nSPS) is 11.9. The number of carbonyl (C=O) groups is 1. The van der Waals surface area contributed by atoms with Gasteiger partial charge in [-0.15, -0.1) is 12.4 Å². The Labute approximate surface area is 118 Å². The smallest absolute Gasteiger partial charge is 0.287 e. The van der Waals surface area contributed by atoms with Crippen LogP contribution in [0.15, 0.2) is 28.7 Å². The van der Waals surface area contributed by atoms with Crippen molar-refractivity contribution in [2.24, 2.45) is 5.73 Å². The van der Waals surface area contributed by atoms with Gasteiger partial charge in [-0.3, -0.25) is 4.79 Å². The van der Waals surface area contributed by atoms with Crippen LogP contribution in [0, 0.1) is 6.92 Å². The van der Waals surface area contributed by atoms with Gasteiger partial charge in [-0.2, -0.15) is 0 Å². The minimum atomic E-state index is -0.177. The summed E-state index contributed by atoms with van der Waals surface area (Å²) in [5, 5.41) is 3.80. The Morgan fingerprint density at radius 1 is 1.42 bits per heavy atom. The van der Waals surface area contributed by atoms with Crippen molar-refractivity contribution in [2.75, 3.05) is 6.54 Å². The molecule has 3 N–H and O–H groups in total. The minimum absolute atomic E-state index is 0. The van der Waals surface area contributed by atoms with Crippen LogP contribution in [-0.2, 0) is 0 Å². The van der Waals surface area contributed by atoms with Gasteiger partial charge in [0.15, 0.2) is 5.76 Å². The number of fused-ring (bicyclic) bond motifs is 1. The summed E-state index contributed by atoms with van der Waals surface area (Å²) >= 11 is 0. The third-order valence-corrected chi connectivity index (χ3v) is 2.94. The number of aryl methyl sites for hydroxylation is 1. The zero-order valence-electron chi connectivity index (χ0n) is 11.1. The maximum Gasteiger partial charge on any atom is 0.287 e. The van der Waals surface area contributed by atoms with Gasteiger partial charge in [-0.05, 0) is 26.3 Å². The fraction of sp³-hybridized carbons (Fsp3) is 0.357. The average molecular weight is 283 g/mol. The van der Waals surface area contributed by atoms with Crippen molar-refractivity contribution in [1.29, 1.82) is 0 Å². The minimum Gasteiger partial charge on any atom is -0.451 e. The number of furan rings is 1. The Bertz CT molecular complexity index is 564. The molecule has 0 saturated heterocycles. The molecule has 2 aromatic rings. The molecule has 1 aromatic carbocycles. The SMILES string of the molecule is Cc1c(C(=O)NCCC(C)N)oc2ccccc12.Cl. The topological polar surface area (TPSA) is 68.3 Å². The van der Waals surface area contributed by atoms with Crippen molar-refractivity contribution < 1.29 is 9.21 Å². The molecule has 1 unspecified atom stereocenters. The van der Waals surface area contributed by atoms with Crippen molar-refractivity contribution in [1.82, 2.24) is 5.32 Å². The number of halogens is 1. The van der Waals surface area contributed by atoms with Gasteiger partial charge < -0.3 is 15.5 Å². The van der Waals surface area contributed by atoms with Crippen LogP contribution in [0.3, 0.4) is 0 Å². The fourth-order valence-corrected chi connectivity index (χ4v) is 1.88. The molecule has 19 heavy (non-hydrogen) atoms. The van der Waals surface area contributed by atoms with E-state index >= 15 is 0 Å². The van der Waals surface area contributed by atoms with Crippen LogP contribution in [0.1, 0.15) is 29.5 Å². The molecule has 2 rings (SSSR count). The summed E-state index contributed by atoms with van der Waals surface area (Å²) in [6, 6.07) is 7.72. The maximum absolute atomic E-state index is 12.0. The first-order chi connectivity index (χ1) is 8.59. The lowest BCUT2D eigenvalue weighted by Crippen LogP contribution is -2.29. The van der Waals surface area contributed by atoms with Gasteiger partial charge in [-0.1, -0.05) is 18.2 Å². The number of amides is 1. The van der Waals surface area contributed by atoms with E-state index in [0.29, 0.717) is 12.3 Å². The highest BCUT2D eigenvalue weighted by molar-refractivity contribution is 5.98. The molecule has 0 radical (unpaired) electrons. The molecule has 104 valence electrons. The second-order valence-corrected chi connectivity index (χ2v) is 4.57. The summed E-state index contributed by atoms with van der Waals surface area (Å²) in [5.74, 6) is 0.213. The van der Waals surface area contributed by atoms with E-state index in [1.54, 1.807) is 0 Å². The molecule has 0 aliphatic rings. The first-order valence-electron chi connectivity index (χ1n) is 6.11. The van der Waals surface area contributed by atoms with E-state index in [0.717, 1.165) is 23.0 Å². The van der Waals surface area contributed by atoms with E-state index < -0.39 is 0 Å². The molecular formula is C14H19ClN2O2. The average Bonchev–Trinajstić information content (AvgIpc) is 2.67. The van der Waals surface area contributed by atoms with Crippen molar-refractivity contribution in [2.45, 2.75) is 26.3 Å². The Balaban J connectivity index is 0.00000180. The molecule has 1 atom stereocenters. The number of hydrogen-bond acceptors (Lipinski definition) is 3. The quantitative estimate of drug-likeness (QED) is 0.906. The third kappa shape index (κ3) is 3.49. The molecule has 0 saturated carbocycles. The summed E-state index contributed by atoms with van der Waals surface area (Å²) in [6.07, 6.45) is 0.755. The Kier molecular flexibility index (Phi) is 5.39. The summed E-state index contributed by atoms with van der Waals surface area (Å²) in [4.78, 5) is 12.0. The van der Waals surface area contributed by atoms with Gasteiger partial charge >= 0.3 is 0 Å². The second kappa shape index (κ2) is 6.59. The molecule has 1 heterocycles. The van der Waals surface area contributed by atoms with Gasteiger partial charge in [0.1, 0.15) is 5.58 Å². The summed E-state index contributed by atoms with van der Waals surface area (Å²) in [7, 11) is 0. The Morgan fingerprint density at radius 2 is 2.11 bits per heavy atom. The van der Waals surface area contributed by atoms with E-state index in [1.165, 1.54) is 0 Å². The van der Waals surface area contributed by atoms with Crippen LogP contribution < -0.4 is 11.1 Å². The number of nitrogens with two attached hydrogens (primary N) is 1. The molecule has 4 nitrogen and oxygen atoms in total. The lowest BCUT2D eigenvalue weighted by molar-refractivity contribution is 0.0926. The van der Waals surface area contributed by atoms with Crippen molar-refractivity contribution in [3.8, 4) is 0 Å². The highest BCUT2D eigenvalue weighted by Gasteiger charge is 2.16. The molecule has 0 fully saturated rings. The lowest BCUT2D eigenvalue weighted by Gasteiger charge is -2.06. The monoisotopic (exact) mass is 282 g/mol. The number of nitrogens with one attached hydrogen (secondary N) is 1. The standard InChI is InChI=1S/C14H18N2O2.ClH/c1-9(15)7-8-16-14(17)13-10(2)11-5-3-4-6-12(11)18-13;/h3-6,9H,7-8,15H2,1-2H3,(H,16,17);1H. The summed E-state index contributed by atoms with van der Waals surface area (Å²) < 4.78 is 5.57. The molecule has 0 spiro atoms. The zero-order valence-corrected chi connectivity index (χ0v) is 11.9. The van der Waals surface area contributed by atoms with Crippen LogP contribution >= 0.6 is 12.4 Å². The number of rotatable bonds is 4. The van der Waals surface area contributed by atoms with Crippen LogP contribution in [0.4, 0.5) is 0 Å². The number of hydrogen-bond donors (Lipinski definition) is 2. The maximum atomic E-state index is 12.0. The second-order valence-electron chi connectivity index (χ2n) is 4.57. The molecule has 1 amide bonds. The van der Waals surface area contributed by atoms with E-state index in [1.807, 2.05) is 38.1 Å². The van der Waals surface area contributed by atoms with Gasteiger partial charge in [0.25, 0.3) is 5.91 Å². The van der Waals surface area contributed by atoms with Crippen LogP contribution in [0.2, 0.25) is 0 Å². The zero-order chi connectivity index (χ0) is 13.1. The van der Waals surface area contributed by atoms with E-state index in [4.69, 9.17) is 10.2 Å². The van der Waals surface area contributed by atoms with Crippen LogP contribution in [-0.4, -0.2) is 18.5 Å². The molecular weight excluding hydrogens is 264 g/mol. The van der Waals surface area contributed by atoms with E-state index in [-0.39, 0.29) is 24.4 Å². The van der Waals surface area contributed by atoms with Crippen molar-refractivity contribution in [3.05, 3.63) is 35.6 Å². The largest absolute Gasteiger partial charge is 0.451 e. The first kappa shape index (κ1) is 15.5. The molecule has 5 heteroatoms. The molecule has 0 bridgehead atoms. The van der Waals surface area contributed by atoms with E-state index in [2.05, 4.69) is 5.32 Å². The highest BCUT2D eigenvalue weighted by atomic mass is 35.5. The summed E-state index contributed by atoms with van der Waals surface area (Å²) in [6.45, 7) is 4.37. The molecule has 0 aliphatic carbocycles. The number of carbonyl (C=O) groups excluding carboxylic acids is 1.